The molecule has 0 aromatic carbocycles. The van der Waals surface area contributed by atoms with Gasteiger partial charge in [-0.25, -0.2) is 9.37 Å². The van der Waals surface area contributed by atoms with E-state index in [-0.39, 0.29) is 23.8 Å². The normalized spacial score (nSPS) is 12.5. The van der Waals surface area contributed by atoms with Crippen molar-refractivity contribution in [3.05, 3.63) is 17.3 Å². The Labute approximate surface area is 92.5 Å². The summed E-state index contributed by atoms with van der Waals surface area (Å²) in [5, 5.41) is 11.5. The van der Waals surface area contributed by atoms with Gasteiger partial charge in [-0.05, 0) is 31.4 Å². The van der Waals surface area contributed by atoms with Crippen LogP contribution in [0.1, 0.15) is 19.8 Å². The van der Waals surface area contributed by atoms with Crippen molar-refractivity contribution < 1.29 is 9.50 Å². The topological polar surface area (TPSA) is 58.0 Å². The van der Waals surface area contributed by atoms with Gasteiger partial charge in [-0.1, -0.05) is 0 Å². The van der Waals surface area contributed by atoms with Crippen LogP contribution in [0.5, 0.6) is 0 Å². The maximum absolute atomic E-state index is 13.2. The molecule has 0 fully saturated rings. The molecule has 6 heteroatoms. The summed E-state index contributed by atoms with van der Waals surface area (Å²) in [6.07, 6.45) is 2.42. The average molecular weight is 234 g/mol. The van der Waals surface area contributed by atoms with Gasteiger partial charge >= 0.3 is 0 Å². The van der Waals surface area contributed by atoms with Gasteiger partial charge in [0, 0.05) is 12.6 Å². The molecule has 0 bridgehead atoms. The largest absolute Gasteiger partial charge is 0.396 e. The maximum Gasteiger partial charge on any atom is 0.224 e. The first-order chi connectivity index (χ1) is 7.13. The van der Waals surface area contributed by atoms with Crippen molar-refractivity contribution in [1.29, 1.82) is 0 Å². The molecule has 84 valence electrons. The quantitative estimate of drug-likeness (QED) is 0.762. The third-order valence-corrected chi connectivity index (χ3v) is 2.08. The third-order valence-electron chi connectivity index (χ3n) is 1.89. The minimum Gasteiger partial charge on any atom is -0.396 e. The number of hydrogen-bond acceptors (Lipinski definition) is 4. The van der Waals surface area contributed by atoms with Gasteiger partial charge in [0.2, 0.25) is 5.28 Å². The second-order valence-electron chi connectivity index (χ2n) is 3.25. The van der Waals surface area contributed by atoms with Crippen molar-refractivity contribution >= 4 is 17.4 Å². The van der Waals surface area contributed by atoms with E-state index in [2.05, 4.69) is 15.3 Å². The first kappa shape index (κ1) is 12.1. The van der Waals surface area contributed by atoms with E-state index >= 15 is 0 Å². The molecule has 0 saturated carbocycles. The summed E-state index contributed by atoms with van der Waals surface area (Å²) in [7, 11) is 0. The molecule has 0 amide bonds. The summed E-state index contributed by atoms with van der Waals surface area (Å²) < 4.78 is 13.2. The number of aliphatic hydroxyl groups is 1. The van der Waals surface area contributed by atoms with Gasteiger partial charge in [0.1, 0.15) is 0 Å². The molecule has 0 aliphatic rings. The zero-order valence-electron chi connectivity index (χ0n) is 8.37. The van der Waals surface area contributed by atoms with Crippen LogP contribution in [0.3, 0.4) is 0 Å². The van der Waals surface area contributed by atoms with E-state index < -0.39 is 5.82 Å². The highest BCUT2D eigenvalue weighted by Gasteiger charge is 2.08. The fraction of sp³-hybridized carbons (Fsp3) is 0.556. The second kappa shape index (κ2) is 5.82. The van der Waals surface area contributed by atoms with E-state index in [0.717, 1.165) is 12.6 Å². The highest BCUT2D eigenvalue weighted by atomic mass is 35.5. The number of rotatable bonds is 5. The predicted molar refractivity (Wildman–Crippen MR) is 56.4 cm³/mol. The molecule has 15 heavy (non-hydrogen) atoms. The van der Waals surface area contributed by atoms with Gasteiger partial charge in [0.15, 0.2) is 11.6 Å². The molecule has 1 heterocycles. The number of anilines is 1. The van der Waals surface area contributed by atoms with Crippen molar-refractivity contribution in [2.75, 3.05) is 11.9 Å². The third kappa shape index (κ3) is 3.97. The first-order valence-electron chi connectivity index (χ1n) is 4.69. The lowest BCUT2D eigenvalue weighted by Gasteiger charge is -2.13. The van der Waals surface area contributed by atoms with Crippen LogP contribution in [0.15, 0.2) is 6.20 Å². The maximum atomic E-state index is 13.2. The molecular formula is C9H13ClFN3O. The van der Waals surface area contributed by atoms with Crippen LogP contribution in [0.2, 0.25) is 5.28 Å². The number of aromatic nitrogens is 2. The van der Waals surface area contributed by atoms with Crippen molar-refractivity contribution in [3.63, 3.8) is 0 Å². The second-order valence-corrected chi connectivity index (χ2v) is 3.58. The monoisotopic (exact) mass is 233 g/mol. The van der Waals surface area contributed by atoms with Gasteiger partial charge in [-0.2, -0.15) is 4.98 Å². The minimum absolute atomic E-state index is 0.00765. The summed E-state index contributed by atoms with van der Waals surface area (Å²) in [5.41, 5.74) is 0. The Hall–Kier alpha value is -0.940. The van der Waals surface area contributed by atoms with Gasteiger partial charge in [-0.3, -0.25) is 0 Å². The SMILES string of the molecule is CC(CCCO)Nc1nc(Cl)ncc1F. The minimum atomic E-state index is -0.532. The Morgan fingerprint density at radius 3 is 3.07 bits per heavy atom. The molecule has 1 atom stereocenters. The molecule has 0 saturated heterocycles. The molecule has 0 radical (unpaired) electrons. The van der Waals surface area contributed by atoms with Crippen LogP contribution in [-0.2, 0) is 0 Å². The molecule has 1 aromatic rings. The van der Waals surface area contributed by atoms with Gasteiger partial charge in [0.25, 0.3) is 0 Å². The highest BCUT2D eigenvalue weighted by molar-refractivity contribution is 6.28. The van der Waals surface area contributed by atoms with Crippen LogP contribution >= 0.6 is 11.6 Å². The summed E-state index contributed by atoms with van der Waals surface area (Å²) in [6.45, 7) is 2.00. The van der Waals surface area contributed by atoms with Crippen molar-refractivity contribution in [2.45, 2.75) is 25.8 Å². The summed E-state index contributed by atoms with van der Waals surface area (Å²) in [4.78, 5) is 7.23. The summed E-state index contributed by atoms with van der Waals surface area (Å²) in [5.74, 6) is -0.435. The zero-order valence-corrected chi connectivity index (χ0v) is 9.13. The molecule has 1 rings (SSSR count). The molecule has 2 N–H and O–H groups in total. The van der Waals surface area contributed by atoms with E-state index in [0.29, 0.717) is 6.42 Å². The fourth-order valence-corrected chi connectivity index (χ4v) is 1.28. The Bertz CT molecular complexity index is 324. The fourth-order valence-electron chi connectivity index (χ4n) is 1.15. The molecule has 0 aliphatic heterocycles. The number of hydrogen-bond donors (Lipinski definition) is 2. The van der Waals surface area contributed by atoms with E-state index in [1.807, 2.05) is 6.92 Å². The number of nitrogens with one attached hydrogen (secondary N) is 1. The molecule has 1 aromatic heterocycles. The zero-order chi connectivity index (χ0) is 11.3. The molecule has 0 aliphatic carbocycles. The van der Waals surface area contributed by atoms with Gasteiger partial charge in [0.05, 0.1) is 6.20 Å². The van der Waals surface area contributed by atoms with E-state index in [1.54, 1.807) is 0 Å². The van der Waals surface area contributed by atoms with Crippen LogP contribution < -0.4 is 5.32 Å². The Morgan fingerprint density at radius 1 is 1.67 bits per heavy atom. The van der Waals surface area contributed by atoms with E-state index in [4.69, 9.17) is 16.7 Å². The van der Waals surface area contributed by atoms with Crippen molar-refractivity contribution in [1.82, 2.24) is 9.97 Å². The number of nitrogens with zero attached hydrogens (tertiary/aromatic N) is 2. The average Bonchev–Trinajstić information content (AvgIpc) is 2.20. The predicted octanol–water partition coefficient (Wildman–Crippen LogP) is 1.84. The molecule has 0 spiro atoms. The lowest BCUT2D eigenvalue weighted by atomic mass is 10.2. The molecule has 1 unspecified atom stereocenters. The van der Waals surface area contributed by atoms with Gasteiger partial charge < -0.3 is 10.4 Å². The van der Waals surface area contributed by atoms with Crippen LogP contribution in [0.4, 0.5) is 10.2 Å². The highest BCUT2D eigenvalue weighted by Crippen LogP contribution is 2.14. The Kier molecular flexibility index (Phi) is 4.71. The lowest BCUT2D eigenvalue weighted by Crippen LogP contribution is -2.17. The van der Waals surface area contributed by atoms with Crippen molar-refractivity contribution in [2.24, 2.45) is 0 Å². The molecular weight excluding hydrogens is 221 g/mol. The lowest BCUT2D eigenvalue weighted by molar-refractivity contribution is 0.282. The first-order valence-corrected chi connectivity index (χ1v) is 5.06. The number of aliphatic hydroxyl groups excluding tert-OH is 1. The smallest absolute Gasteiger partial charge is 0.224 e. The standard InChI is InChI=1S/C9H13ClFN3O/c1-6(3-2-4-15)13-8-7(11)5-12-9(10)14-8/h5-6,15H,2-4H2,1H3,(H,12,13,14). The summed E-state index contributed by atoms with van der Waals surface area (Å²) in [6, 6.07) is 0.0256. The Morgan fingerprint density at radius 2 is 2.40 bits per heavy atom. The van der Waals surface area contributed by atoms with E-state index in [1.165, 1.54) is 0 Å². The van der Waals surface area contributed by atoms with Crippen LogP contribution in [0.25, 0.3) is 0 Å². The van der Waals surface area contributed by atoms with Gasteiger partial charge in [-0.15, -0.1) is 0 Å². The van der Waals surface area contributed by atoms with Crippen LogP contribution in [0, 0.1) is 5.82 Å². The van der Waals surface area contributed by atoms with Crippen LogP contribution in [-0.4, -0.2) is 27.7 Å². The van der Waals surface area contributed by atoms with E-state index in [9.17, 15) is 4.39 Å². The summed E-state index contributed by atoms with van der Waals surface area (Å²) >= 11 is 5.54. The molecule has 4 nitrogen and oxygen atoms in total. The van der Waals surface area contributed by atoms with Crippen molar-refractivity contribution in [3.8, 4) is 0 Å². The number of halogens is 2. The Balaban J connectivity index is 2.59.